The first-order chi connectivity index (χ1) is 12.1. The lowest BCUT2D eigenvalue weighted by atomic mass is 10.1. The molecule has 1 saturated heterocycles. The van der Waals surface area contributed by atoms with Gasteiger partial charge in [-0.2, -0.15) is 0 Å². The molecule has 0 radical (unpaired) electrons. The SMILES string of the molecule is Cl.NCC1CCN(C(=O)C(Oc2ccc(F)cc2Cl)c2ccccc2)C1. The van der Waals surface area contributed by atoms with E-state index in [1.807, 2.05) is 30.3 Å². The lowest BCUT2D eigenvalue weighted by Crippen LogP contribution is -2.36. The van der Waals surface area contributed by atoms with E-state index in [0.717, 1.165) is 12.0 Å². The van der Waals surface area contributed by atoms with Crippen LogP contribution in [0.4, 0.5) is 4.39 Å². The predicted octanol–water partition coefficient (Wildman–Crippen LogP) is 3.83. The topological polar surface area (TPSA) is 55.6 Å². The summed E-state index contributed by atoms with van der Waals surface area (Å²) >= 11 is 6.06. The Kier molecular flexibility index (Phi) is 7.26. The lowest BCUT2D eigenvalue weighted by molar-refractivity contribution is -0.138. The molecule has 4 nitrogen and oxygen atoms in total. The third-order valence-corrected chi connectivity index (χ3v) is 4.69. The van der Waals surface area contributed by atoms with Crippen molar-refractivity contribution in [2.75, 3.05) is 19.6 Å². The van der Waals surface area contributed by atoms with E-state index in [2.05, 4.69) is 0 Å². The van der Waals surface area contributed by atoms with Crippen LogP contribution >= 0.6 is 24.0 Å². The quantitative estimate of drug-likeness (QED) is 0.832. The van der Waals surface area contributed by atoms with Crippen LogP contribution in [0.3, 0.4) is 0 Å². The van der Waals surface area contributed by atoms with E-state index >= 15 is 0 Å². The van der Waals surface area contributed by atoms with Crippen molar-refractivity contribution < 1.29 is 13.9 Å². The third kappa shape index (κ3) is 4.67. The number of ether oxygens (including phenoxy) is 1. The lowest BCUT2D eigenvalue weighted by Gasteiger charge is -2.25. The zero-order valence-corrected chi connectivity index (χ0v) is 15.7. The van der Waals surface area contributed by atoms with Crippen LogP contribution in [0.15, 0.2) is 48.5 Å². The minimum Gasteiger partial charge on any atom is -0.474 e. The van der Waals surface area contributed by atoms with Gasteiger partial charge in [0.1, 0.15) is 11.6 Å². The molecule has 2 aromatic carbocycles. The van der Waals surface area contributed by atoms with Crippen molar-refractivity contribution in [1.29, 1.82) is 0 Å². The summed E-state index contributed by atoms with van der Waals surface area (Å²) in [7, 11) is 0. The maximum absolute atomic E-state index is 13.3. The smallest absolute Gasteiger partial charge is 0.268 e. The minimum absolute atomic E-state index is 0. The normalized spacial score (nSPS) is 17.5. The molecular formula is C19H21Cl2FN2O2. The van der Waals surface area contributed by atoms with Crippen molar-refractivity contribution >= 4 is 29.9 Å². The summed E-state index contributed by atoms with van der Waals surface area (Å²) in [5, 5.41) is 0.134. The fraction of sp³-hybridized carbons (Fsp3) is 0.316. The first-order valence-corrected chi connectivity index (χ1v) is 8.62. The standard InChI is InChI=1S/C19H20ClFN2O2.ClH/c20-16-10-15(21)6-7-17(16)25-18(14-4-2-1-3-5-14)19(24)23-9-8-13(11-22)12-23;/h1-7,10,13,18H,8-9,11-12,22H2;1H. The number of rotatable bonds is 5. The van der Waals surface area contributed by atoms with Crippen molar-refractivity contribution in [3.63, 3.8) is 0 Å². The van der Waals surface area contributed by atoms with E-state index in [9.17, 15) is 9.18 Å². The molecule has 0 aromatic heterocycles. The third-order valence-electron chi connectivity index (χ3n) is 4.40. The molecule has 2 N–H and O–H groups in total. The van der Waals surface area contributed by atoms with E-state index in [1.165, 1.54) is 18.2 Å². The molecule has 2 atom stereocenters. The van der Waals surface area contributed by atoms with Gasteiger partial charge in [0.25, 0.3) is 5.91 Å². The van der Waals surface area contributed by atoms with Gasteiger partial charge in [0.15, 0.2) is 0 Å². The van der Waals surface area contributed by atoms with Gasteiger partial charge in [-0.25, -0.2) is 4.39 Å². The number of nitrogens with zero attached hydrogens (tertiary/aromatic N) is 1. The Hall–Kier alpha value is -1.82. The number of nitrogens with two attached hydrogens (primary N) is 1. The molecule has 1 aliphatic rings. The maximum atomic E-state index is 13.3. The molecule has 0 saturated carbocycles. The minimum atomic E-state index is -0.833. The molecule has 140 valence electrons. The van der Waals surface area contributed by atoms with Crippen LogP contribution in [-0.2, 0) is 4.79 Å². The number of benzene rings is 2. The van der Waals surface area contributed by atoms with Crippen LogP contribution in [0, 0.1) is 11.7 Å². The maximum Gasteiger partial charge on any atom is 0.268 e. The van der Waals surface area contributed by atoms with Gasteiger partial charge in [0, 0.05) is 18.7 Å². The first-order valence-electron chi connectivity index (χ1n) is 8.24. The van der Waals surface area contributed by atoms with Gasteiger partial charge < -0.3 is 15.4 Å². The average Bonchev–Trinajstić information content (AvgIpc) is 3.10. The van der Waals surface area contributed by atoms with Crippen molar-refractivity contribution in [2.45, 2.75) is 12.5 Å². The number of hydrogen-bond acceptors (Lipinski definition) is 3. The molecule has 1 aliphatic heterocycles. The van der Waals surface area contributed by atoms with Crippen molar-refractivity contribution in [2.24, 2.45) is 11.7 Å². The van der Waals surface area contributed by atoms with E-state index in [0.29, 0.717) is 25.6 Å². The highest BCUT2D eigenvalue weighted by Crippen LogP contribution is 2.31. The average molecular weight is 399 g/mol. The van der Waals surface area contributed by atoms with Crippen molar-refractivity contribution in [1.82, 2.24) is 4.90 Å². The number of hydrogen-bond donors (Lipinski definition) is 1. The van der Waals surface area contributed by atoms with Crippen LogP contribution in [-0.4, -0.2) is 30.4 Å². The Bertz CT molecular complexity index is 746. The summed E-state index contributed by atoms with van der Waals surface area (Å²) < 4.78 is 19.2. The fourth-order valence-electron chi connectivity index (χ4n) is 2.98. The molecule has 2 unspecified atom stereocenters. The van der Waals surface area contributed by atoms with Gasteiger partial charge in [-0.05, 0) is 37.1 Å². The summed E-state index contributed by atoms with van der Waals surface area (Å²) in [5.74, 6) is 0.00225. The second-order valence-corrected chi connectivity index (χ2v) is 6.57. The molecule has 1 fully saturated rings. The number of halogens is 3. The Balaban J connectivity index is 0.00000243. The van der Waals surface area contributed by atoms with Crippen LogP contribution in [0.2, 0.25) is 5.02 Å². The van der Waals surface area contributed by atoms with Gasteiger partial charge in [-0.1, -0.05) is 41.9 Å². The zero-order chi connectivity index (χ0) is 17.8. The number of carbonyl (C=O) groups is 1. The van der Waals surface area contributed by atoms with Crippen LogP contribution in [0.25, 0.3) is 0 Å². The van der Waals surface area contributed by atoms with Gasteiger partial charge >= 0.3 is 0 Å². The molecular weight excluding hydrogens is 378 g/mol. The Labute approximate surface area is 163 Å². The number of carbonyl (C=O) groups excluding carboxylic acids is 1. The molecule has 1 amide bonds. The van der Waals surface area contributed by atoms with Crippen LogP contribution in [0.1, 0.15) is 18.1 Å². The van der Waals surface area contributed by atoms with Gasteiger partial charge in [-0.15, -0.1) is 12.4 Å². The van der Waals surface area contributed by atoms with Crippen LogP contribution in [0.5, 0.6) is 5.75 Å². The number of likely N-dealkylation sites (tertiary alicyclic amines) is 1. The van der Waals surface area contributed by atoms with Crippen molar-refractivity contribution in [3.05, 3.63) is 64.9 Å². The monoisotopic (exact) mass is 398 g/mol. The molecule has 0 spiro atoms. The highest BCUT2D eigenvalue weighted by atomic mass is 35.5. The largest absolute Gasteiger partial charge is 0.474 e. The Morgan fingerprint density at radius 1 is 1.31 bits per heavy atom. The highest BCUT2D eigenvalue weighted by Gasteiger charge is 2.33. The Morgan fingerprint density at radius 3 is 2.65 bits per heavy atom. The van der Waals surface area contributed by atoms with Gasteiger partial charge in [-0.3, -0.25) is 4.79 Å². The summed E-state index contributed by atoms with van der Waals surface area (Å²) in [5.41, 5.74) is 6.44. The molecule has 1 heterocycles. The molecule has 0 aliphatic carbocycles. The van der Waals surface area contributed by atoms with Gasteiger partial charge in [0.05, 0.1) is 5.02 Å². The Morgan fingerprint density at radius 2 is 2.04 bits per heavy atom. The van der Waals surface area contributed by atoms with Gasteiger partial charge in [0.2, 0.25) is 6.10 Å². The van der Waals surface area contributed by atoms with E-state index in [1.54, 1.807) is 4.90 Å². The zero-order valence-electron chi connectivity index (χ0n) is 14.1. The first kappa shape index (κ1) is 20.5. The van der Waals surface area contributed by atoms with E-state index in [-0.39, 0.29) is 29.1 Å². The molecule has 2 aromatic rings. The second-order valence-electron chi connectivity index (χ2n) is 6.16. The number of amides is 1. The summed E-state index contributed by atoms with van der Waals surface area (Å²) in [6.07, 6.45) is 0.0572. The molecule has 3 rings (SSSR count). The van der Waals surface area contributed by atoms with E-state index < -0.39 is 11.9 Å². The highest BCUT2D eigenvalue weighted by molar-refractivity contribution is 6.32. The van der Waals surface area contributed by atoms with E-state index in [4.69, 9.17) is 22.1 Å². The predicted molar refractivity (Wildman–Crippen MR) is 102 cm³/mol. The summed E-state index contributed by atoms with van der Waals surface area (Å²) in [6, 6.07) is 13.1. The summed E-state index contributed by atoms with van der Waals surface area (Å²) in [6.45, 7) is 1.84. The molecule has 7 heteroatoms. The summed E-state index contributed by atoms with van der Waals surface area (Å²) in [4.78, 5) is 14.8. The molecule has 0 bridgehead atoms. The molecule has 26 heavy (non-hydrogen) atoms. The fourth-order valence-corrected chi connectivity index (χ4v) is 3.19. The van der Waals surface area contributed by atoms with Crippen molar-refractivity contribution in [3.8, 4) is 5.75 Å². The van der Waals surface area contributed by atoms with Crippen LogP contribution < -0.4 is 10.5 Å². The second kappa shape index (κ2) is 9.21.